The molecule has 2 saturated heterocycles. The molecule has 0 aromatic carbocycles. The van der Waals surface area contributed by atoms with Crippen LogP contribution in [-0.4, -0.2) is 47.9 Å². The highest BCUT2D eigenvalue weighted by Gasteiger charge is 2.33. The minimum atomic E-state index is -0.0786. The molecule has 2 aliphatic rings. The van der Waals surface area contributed by atoms with E-state index in [0.29, 0.717) is 24.9 Å². The van der Waals surface area contributed by atoms with Gasteiger partial charge in [0.1, 0.15) is 0 Å². The molecule has 2 fully saturated rings. The van der Waals surface area contributed by atoms with Crippen molar-refractivity contribution in [2.45, 2.75) is 32.7 Å². The number of carbonyl (C=O) groups is 1. The third-order valence-electron chi connectivity index (χ3n) is 3.92. The molecule has 4 heteroatoms. The summed E-state index contributed by atoms with van der Waals surface area (Å²) in [6, 6.07) is 2.80. The van der Waals surface area contributed by atoms with E-state index in [1.54, 1.807) is 0 Å². The molecule has 0 aromatic rings. The van der Waals surface area contributed by atoms with Gasteiger partial charge in [-0.25, -0.2) is 0 Å². The summed E-state index contributed by atoms with van der Waals surface area (Å²) >= 11 is 0. The van der Waals surface area contributed by atoms with Crippen LogP contribution in [-0.2, 0) is 4.79 Å². The fourth-order valence-electron chi connectivity index (χ4n) is 2.83. The van der Waals surface area contributed by atoms with Crippen LogP contribution >= 0.6 is 0 Å². The highest BCUT2D eigenvalue weighted by Crippen LogP contribution is 2.23. The van der Waals surface area contributed by atoms with Crippen LogP contribution in [0.4, 0.5) is 0 Å². The van der Waals surface area contributed by atoms with Gasteiger partial charge in [-0.15, -0.1) is 0 Å². The van der Waals surface area contributed by atoms with Crippen LogP contribution < -0.4 is 0 Å². The first-order chi connectivity index (χ1) is 8.10. The Morgan fingerprint density at radius 3 is 2.76 bits per heavy atom. The van der Waals surface area contributed by atoms with Crippen molar-refractivity contribution >= 4 is 5.91 Å². The highest BCUT2D eigenvalue weighted by atomic mass is 16.2. The van der Waals surface area contributed by atoms with Crippen molar-refractivity contribution in [3.05, 3.63) is 0 Å². The third kappa shape index (κ3) is 2.78. The maximum atomic E-state index is 11.7. The Balaban J connectivity index is 1.83. The maximum Gasteiger partial charge on any atom is 0.224 e. The average molecular weight is 235 g/mol. The Hall–Kier alpha value is -1.08. The second-order valence-corrected chi connectivity index (χ2v) is 5.57. The van der Waals surface area contributed by atoms with E-state index in [1.807, 2.05) is 4.90 Å². The Labute approximate surface area is 103 Å². The molecule has 0 spiro atoms. The van der Waals surface area contributed by atoms with E-state index < -0.39 is 0 Å². The van der Waals surface area contributed by atoms with Crippen molar-refractivity contribution < 1.29 is 4.79 Å². The summed E-state index contributed by atoms with van der Waals surface area (Å²) in [5.41, 5.74) is 0. The third-order valence-corrected chi connectivity index (χ3v) is 3.92. The predicted molar refractivity (Wildman–Crippen MR) is 65.1 cm³/mol. The molecule has 2 aliphatic heterocycles. The van der Waals surface area contributed by atoms with Gasteiger partial charge in [0.25, 0.3) is 0 Å². The Morgan fingerprint density at radius 1 is 1.47 bits per heavy atom. The molecule has 1 amide bonds. The molecule has 17 heavy (non-hydrogen) atoms. The first kappa shape index (κ1) is 12.4. The predicted octanol–water partition coefficient (Wildman–Crippen LogP) is 1.09. The number of likely N-dealkylation sites (tertiary alicyclic amines) is 2. The summed E-state index contributed by atoms with van der Waals surface area (Å²) in [6.45, 7) is 8.17. The number of amides is 1. The molecule has 2 rings (SSSR count). The molecule has 0 N–H and O–H groups in total. The van der Waals surface area contributed by atoms with Crippen molar-refractivity contribution in [3.63, 3.8) is 0 Å². The van der Waals surface area contributed by atoms with Crippen LogP contribution in [0.25, 0.3) is 0 Å². The van der Waals surface area contributed by atoms with Crippen molar-refractivity contribution in [2.75, 3.05) is 26.2 Å². The van der Waals surface area contributed by atoms with E-state index in [4.69, 9.17) is 5.26 Å². The smallest absolute Gasteiger partial charge is 0.224 e. The summed E-state index contributed by atoms with van der Waals surface area (Å²) in [5.74, 6) is 0.684. The second kappa shape index (κ2) is 5.05. The van der Waals surface area contributed by atoms with E-state index >= 15 is 0 Å². The summed E-state index contributed by atoms with van der Waals surface area (Å²) < 4.78 is 0. The van der Waals surface area contributed by atoms with E-state index in [9.17, 15) is 4.79 Å². The first-order valence-corrected chi connectivity index (χ1v) is 6.51. The van der Waals surface area contributed by atoms with Crippen molar-refractivity contribution in [1.82, 2.24) is 9.80 Å². The molecular formula is C13H21N3O. The normalized spacial score (nSPS) is 30.2. The molecule has 2 atom stereocenters. The monoisotopic (exact) mass is 235 g/mol. The zero-order chi connectivity index (χ0) is 12.4. The quantitative estimate of drug-likeness (QED) is 0.735. The lowest BCUT2D eigenvalue weighted by molar-refractivity contribution is -0.128. The van der Waals surface area contributed by atoms with Crippen LogP contribution in [0.5, 0.6) is 0 Å². The highest BCUT2D eigenvalue weighted by molar-refractivity contribution is 5.79. The number of rotatable bonds is 3. The molecule has 0 aliphatic carbocycles. The van der Waals surface area contributed by atoms with Crippen molar-refractivity contribution in [1.29, 1.82) is 5.26 Å². The zero-order valence-corrected chi connectivity index (χ0v) is 10.7. The number of hydrogen-bond donors (Lipinski definition) is 0. The lowest BCUT2D eigenvalue weighted by atomic mass is 10.1. The number of nitriles is 1. The first-order valence-electron chi connectivity index (χ1n) is 6.51. The van der Waals surface area contributed by atoms with Crippen LogP contribution in [0.2, 0.25) is 0 Å². The zero-order valence-electron chi connectivity index (χ0n) is 10.7. The topological polar surface area (TPSA) is 47.3 Å². The van der Waals surface area contributed by atoms with Gasteiger partial charge in [-0.1, -0.05) is 0 Å². The maximum absolute atomic E-state index is 11.7. The van der Waals surface area contributed by atoms with Crippen LogP contribution in [0.15, 0.2) is 0 Å². The lowest BCUT2D eigenvalue weighted by Gasteiger charge is -2.23. The molecular weight excluding hydrogens is 214 g/mol. The van der Waals surface area contributed by atoms with E-state index in [-0.39, 0.29) is 11.8 Å². The van der Waals surface area contributed by atoms with E-state index in [0.717, 1.165) is 19.6 Å². The van der Waals surface area contributed by atoms with Gasteiger partial charge in [-0.05, 0) is 32.7 Å². The summed E-state index contributed by atoms with van der Waals surface area (Å²) in [7, 11) is 0. The second-order valence-electron chi connectivity index (χ2n) is 5.57. The Morgan fingerprint density at radius 2 is 2.24 bits per heavy atom. The van der Waals surface area contributed by atoms with Crippen molar-refractivity contribution in [3.8, 4) is 6.07 Å². The minimum absolute atomic E-state index is 0.0786. The molecule has 2 heterocycles. The summed E-state index contributed by atoms with van der Waals surface area (Å²) in [4.78, 5) is 16.1. The van der Waals surface area contributed by atoms with Gasteiger partial charge in [-0.3, -0.25) is 4.79 Å². The van der Waals surface area contributed by atoms with Gasteiger partial charge < -0.3 is 9.80 Å². The molecule has 0 radical (unpaired) electrons. The van der Waals surface area contributed by atoms with Crippen LogP contribution in [0.1, 0.15) is 26.7 Å². The van der Waals surface area contributed by atoms with E-state index in [2.05, 4.69) is 24.8 Å². The van der Waals surface area contributed by atoms with E-state index in [1.165, 1.54) is 6.42 Å². The average Bonchev–Trinajstić information content (AvgIpc) is 2.87. The molecule has 0 saturated carbocycles. The molecule has 4 nitrogen and oxygen atoms in total. The van der Waals surface area contributed by atoms with Gasteiger partial charge in [0, 0.05) is 32.1 Å². The Bertz CT molecular complexity index is 334. The molecule has 0 aromatic heterocycles. The molecule has 94 valence electrons. The number of nitrogens with zero attached hydrogens (tertiary/aromatic N) is 3. The number of carbonyl (C=O) groups excluding carboxylic acids is 1. The van der Waals surface area contributed by atoms with Gasteiger partial charge in [0.15, 0.2) is 0 Å². The largest absolute Gasteiger partial charge is 0.341 e. The van der Waals surface area contributed by atoms with Gasteiger partial charge in [0.05, 0.1) is 12.0 Å². The lowest BCUT2D eigenvalue weighted by Crippen LogP contribution is -2.34. The number of hydrogen-bond acceptors (Lipinski definition) is 3. The SMILES string of the molecule is CC(C)N1CCC(CN2CC(C#N)CC2=O)C1. The minimum Gasteiger partial charge on any atom is -0.341 e. The van der Waals surface area contributed by atoms with Crippen molar-refractivity contribution in [2.24, 2.45) is 11.8 Å². The standard InChI is InChI=1S/C13H21N3O/c1-10(2)15-4-3-11(7-15)8-16-9-12(6-14)5-13(16)17/h10-12H,3-5,7-9H2,1-2H3. The van der Waals surface area contributed by atoms with Gasteiger partial charge in [-0.2, -0.15) is 5.26 Å². The fraction of sp³-hybridized carbons (Fsp3) is 0.846. The van der Waals surface area contributed by atoms with Crippen LogP contribution in [0.3, 0.4) is 0 Å². The van der Waals surface area contributed by atoms with Gasteiger partial charge >= 0.3 is 0 Å². The summed E-state index contributed by atoms with van der Waals surface area (Å²) in [6.07, 6.45) is 1.61. The summed E-state index contributed by atoms with van der Waals surface area (Å²) in [5, 5.41) is 8.84. The van der Waals surface area contributed by atoms with Crippen LogP contribution in [0, 0.1) is 23.2 Å². The Kier molecular flexibility index (Phi) is 3.68. The molecule has 2 unspecified atom stereocenters. The van der Waals surface area contributed by atoms with Gasteiger partial charge in [0.2, 0.25) is 5.91 Å². The molecule has 0 bridgehead atoms. The fourth-order valence-corrected chi connectivity index (χ4v) is 2.83.